The molecule has 2 fully saturated rings. The molecule has 4 atom stereocenters. The first kappa shape index (κ1) is 14.1. The summed E-state index contributed by atoms with van der Waals surface area (Å²) in [5.41, 5.74) is 6.70. The third kappa shape index (κ3) is 1.62. The molecule has 2 saturated carbocycles. The van der Waals surface area contributed by atoms with Crippen molar-refractivity contribution < 1.29 is 4.79 Å². The van der Waals surface area contributed by atoms with E-state index in [9.17, 15) is 4.79 Å². The third-order valence-corrected chi connectivity index (χ3v) is 7.64. The number of rotatable bonds is 1. The summed E-state index contributed by atoms with van der Waals surface area (Å²) in [6.07, 6.45) is 8.87. The fourth-order valence-corrected chi connectivity index (χ4v) is 6.63. The van der Waals surface area contributed by atoms with E-state index in [1.54, 1.807) is 6.92 Å². The van der Waals surface area contributed by atoms with Gasteiger partial charge in [0, 0.05) is 11.0 Å². The first-order valence-electron chi connectivity index (χ1n) is 9.61. The van der Waals surface area contributed by atoms with E-state index in [4.69, 9.17) is 0 Å². The van der Waals surface area contributed by atoms with E-state index >= 15 is 0 Å². The van der Waals surface area contributed by atoms with Gasteiger partial charge in [0.25, 0.3) is 0 Å². The summed E-state index contributed by atoms with van der Waals surface area (Å²) in [6, 6.07) is 15.4. The summed E-state index contributed by atoms with van der Waals surface area (Å²) in [6.45, 7) is 1.68. The number of hydrogen-bond donors (Lipinski definition) is 0. The highest BCUT2D eigenvalue weighted by Gasteiger charge is 2.58. The smallest absolute Gasteiger partial charge is 0.159 e. The Morgan fingerprint density at radius 2 is 1.60 bits per heavy atom. The van der Waals surface area contributed by atoms with Crippen molar-refractivity contribution in [1.29, 1.82) is 0 Å². The molecule has 0 saturated heterocycles. The minimum atomic E-state index is 0.135. The molecule has 1 spiro atoms. The number of allylic oxidation sites excluding steroid dienone is 2. The lowest BCUT2D eigenvalue weighted by Gasteiger charge is -2.29. The molecule has 1 heteroatoms. The van der Waals surface area contributed by atoms with E-state index in [0.717, 1.165) is 29.2 Å². The standard InChI is InChI=1S/C24H22O/c1-14(25)15-8-9-19-18-4-2-3-5-22(18)24(23(19)11-15)12-20-16-6-7-17(10-16)21(20)13-24/h2-9,11,16-17,20-21H,10,12-13H2,1H3. The van der Waals surface area contributed by atoms with Crippen LogP contribution in [0.1, 0.15) is 47.7 Å². The molecule has 124 valence electrons. The number of hydrogen-bond acceptors (Lipinski definition) is 1. The second kappa shape index (κ2) is 4.52. The molecule has 0 aliphatic heterocycles. The second-order valence-corrected chi connectivity index (χ2v) is 8.63. The molecular weight excluding hydrogens is 304 g/mol. The van der Waals surface area contributed by atoms with Crippen LogP contribution in [-0.4, -0.2) is 5.78 Å². The number of fused-ring (bicyclic) bond motifs is 10. The third-order valence-electron chi connectivity index (χ3n) is 7.64. The molecule has 2 aromatic carbocycles. The average Bonchev–Trinajstić information content (AvgIpc) is 3.37. The first-order valence-corrected chi connectivity index (χ1v) is 9.61. The Bertz CT molecular complexity index is 930. The van der Waals surface area contributed by atoms with Crippen molar-refractivity contribution in [2.24, 2.45) is 23.7 Å². The lowest BCUT2D eigenvalue weighted by atomic mass is 9.74. The van der Waals surface area contributed by atoms with E-state index in [1.165, 1.54) is 41.5 Å². The van der Waals surface area contributed by atoms with Crippen LogP contribution in [0.3, 0.4) is 0 Å². The maximum Gasteiger partial charge on any atom is 0.159 e. The van der Waals surface area contributed by atoms with Gasteiger partial charge in [-0.25, -0.2) is 0 Å². The van der Waals surface area contributed by atoms with Crippen LogP contribution in [0, 0.1) is 23.7 Å². The minimum Gasteiger partial charge on any atom is -0.295 e. The highest BCUT2D eigenvalue weighted by molar-refractivity contribution is 5.96. The van der Waals surface area contributed by atoms with Crippen molar-refractivity contribution in [3.05, 3.63) is 71.3 Å². The van der Waals surface area contributed by atoms with Gasteiger partial charge in [0.15, 0.2) is 5.78 Å². The summed E-state index contributed by atoms with van der Waals surface area (Å²) in [4.78, 5) is 12.0. The Kier molecular flexibility index (Phi) is 2.54. The van der Waals surface area contributed by atoms with Gasteiger partial charge in [-0.05, 0) is 78.2 Å². The minimum absolute atomic E-state index is 0.135. The molecule has 4 aliphatic carbocycles. The summed E-state index contributed by atoms with van der Waals surface area (Å²) in [5, 5.41) is 0. The largest absolute Gasteiger partial charge is 0.295 e. The highest BCUT2D eigenvalue weighted by atomic mass is 16.1. The van der Waals surface area contributed by atoms with Crippen molar-refractivity contribution in [1.82, 2.24) is 0 Å². The first-order chi connectivity index (χ1) is 12.2. The maximum absolute atomic E-state index is 12.0. The topological polar surface area (TPSA) is 17.1 Å². The summed E-state index contributed by atoms with van der Waals surface area (Å²) >= 11 is 0. The van der Waals surface area contributed by atoms with Crippen LogP contribution in [0.15, 0.2) is 54.6 Å². The van der Waals surface area contributed by atoms with Gasteiger partial charge in [-0.15, -0.1) is 0 Å². The molecule has 4 unspecified atom stereocenters. The van der Waals surface area contributed by atoms with Gasteiger partial charge < -0.3 is 0 Å². The predicted octanol–water partition coefficient (Wildman–Crippen LogP) is 5.39. The Morgan fingerprint density at radius 1 is 0.920 bits per heavy atom. The van der Waals surface area contributed by atoms with Gasteiger partial charge in [0.2, 0.25) is 0 Å². The molecule has 2 bridgehead atoms. The molecule has 0 heterocycles. The van der Waals surface area contributed by atoms with E-state index < -0.39 is 0 Å². The fraction of sp³-hybridized carbons (Fsp3) is 0.375. The zero-order chi connectivity index (χ0) is 16.8. The van der Waals surface area contributed by atoms with E-state index in [0.29, 0.717) is 0 Å². The SMILES string of the molecule is CC(=O)c1ccc2c(c1)C1(CC3C4C=CC(C4)C3C1)c1ccccc1-2. The number of ketones is 1. The molecule has 2 aromatic rings. The lowest BCUT2D eigenvalue weighted by molar-refractivity contribution is 0.101. The molecule has 0 radical (unpaired) electrons. The maximum atomic E-state index is 12.0. The van der Waals surface area contributed by atoms with E-state index in [-0.39, 0.29) is 11.2 Å². The van der Waals surface area contributed by atoms with Crippen molar-refractivity contribution in [3.8, 4) is 11.1 Å². The fourth-order valence-electron chi connectivity index (χ4n) is 6.63. The zero-order valence-corrected chi connectivity index (χ0v) is 14.5. The van der Waals surface area contributed by atoms with Crippen molar-refractivity contribution in [3.63, 3.8) is 0 Å². The van der Waals surface area contributed by atoms with Crippen LogP contribution in [0.25, 0.3) is 11.1 Å². The van der Waals surface area contributed by atoms with Crippen LogP contribution in [0.2, 0.25) is 0 Å². The lowest BCUT2D eigenvalue weighted by Crippen LogP contribution is -2.23. The Balaban J connectivity index is 1.58. The molecule has 0 amide bonds. The summed E-state index contributed by atoms with van der Waals surface area (Å²) in [5.74, 6) is 3.42. The van der Waals surface area contributed by atoms with Crippen molar-refractivity contribution in [2.45, 2.75) is 31.6 Å². The molecule has 0 aromatic heterocycles. The number of Topliss-reactive ketones (excluding diaryl/α,β-unsaturated/α-hetero) is 1. The van der Waals surface area contributed by atoms with Crippen molar-refractivity contribution in [2.75, 3.05) is 0 Å². The van der Waals surface area contributed by atoms with Crippen LogP contribution < -0.4 is 0 Å². The van der Waals surface area contributed by atoms with Crippen LogP contribution in [-0.2, 0) is 5.41 Å². The summed E-state index contributed by atoms with van der Waals surface area (Å²) in [7, 11) is 0. The van der Waals surface area contributed by atoms with E-state index in [1.807, 2.05) is 6.07 Å². The molecular formula is C24H22O. The van der Waals surface area contributed by atoms with E-state index in [2.05, 4.69) is 48.6 Å². The average molecular weight is 326 g/mol. The molecule has 1 nitrogen and oxygen atoms in total. The Hall–Kier alpha value is -2.15. The highest BCUT2D eigenvalue weighted by Crippen LogP contribution is 2.66. The zero-order valence-electron chi connectivity index (χ0n) is 14.5. The predicted molar refractivity (Wildman–Crippen MR) is 99.6 cm³/mol. The monoisotopic (exact) mass is 326 g/mol. The number of carbonyl (C=O) groups is 1. The molecule has 4 aliphatic rings. The van der Waals surface area contributed by atoms with Gasteiger partial charge in [-0.1, -0.05) is 48.6 Å². The van der Waals surface area contributed by atoms with Gasteiger partial charge in [0.05, 0.1) is 0 Å². The van der Waals surface area contributed by atoms with Gasteiger partial charge in [-0.3, -0.25) is 4.79 Å². The van der Waals surface area contributed by atoms with Gasteiger partial charge in [-0.2, -0.15) is 0 Å². The normalized spacial score (nSPS) is 35.9. The second-order valence-electron chi connectivity index (χ2n) is 8.63. The molecule has 0 N–H and O–H groups in total. The molecule has 6 rings (SSSR count). The van der Waals surface area contributed by atoms with Gasteiger partial charge >= 0.3 is 0 Å². The van der Waals surface area contributed by atoms with Gasteiger partial charge in [0.1, 0.15) is 0 Å². The Morgan fingerprint density at radius 3 is 2.32 bits per heavy atom. The quantitative estimate of drug-likeness (QED) is 0.507. The Labute approximate surface area is 148 Å². The van der Waals surface area contributed by atoms with Crippen LogP contribution in [0.5, 0.6) is 0 Å². The number of carbonyl (C=O) groups excluding carboxylic acids is 1. The van der Waals surface area contributed by atoms with Crippen molar-refractivity contribution >= 4 is 5.78 Å². The van der Waals surface area contributed by atoms with Crippen LogP contribution >= 0.6 is 0 Å². The number of benzene rings is 2. The summed E-state index contributed by atoms with van der Waals surface area (Å²) < 4.78 is 0. The van der Waals surface area contributed by atoms with Crippen LogP contribution in [0.4, 0.5) is 0 Å². The molecule has 25 heavy (non-hydrogen) atoms.